The first-order valence-corrected chi connectivity index (χ1v) is 9.99. The number of aliphatic hydroxyl groups excluding tert-OH is 1. The van der Waals surface area contributed by atoms with Crippen molar-refractivity contribution in [1.82, 2.24) is 0 Å². The Balaban J connectivity index is 1.90. The van der Waals surface area contributed by atoms with Gasteiger partial charge in [0.1, 0.15) is 0 Å². The third-order valence-corrected chi connectivity index (χ3v) is 6.11. The van der Waals surface area contributed by atoms with Crippen LogP contribution in [-0.4, -0.2) is 11.2 Å². The normalized spacial score (nSPS) is 22.7. The Kier molecular flexibility index (Phi) is 6.31. The summed E-state index contributed by atoms with van der Waals surface area (Å²) in [4.78, 5) is 0. The standard InChI is InChI=1S/C24H32O/c1-3-18(2)22-13-7-8-14-23(22)21(16-19-10-5-4-6-11-19)17-20-12-9-15-24(20)25/h4-8,10-11,13-14,18,20-21,24-25H,3,9,12,15-17H2,1-2H3. The summed E-state index contributed by atoms with van der Waals surface area (Å²) in [6.07, 6.45) is 6.57. The number of hydrogen-bond donors (Lipinski definition) is 1. The highest BCUT2D eigenvalue weighted by Gasteiger charge is 2.29. The van der Waals surface area contributed by atoms with Crippen LogP contribution < -0.4 is 0 Å². The zero-order valence-corrected chi connectivity index (χ0v) is 15.7. The Hall–Kier alpha value is -1.60. The largest absolute Gasteiger partial charge is 0.393 e. The van der Waals surface area contributed by atoms with E-state index >= 15 is 0 Å². The molecule has 4 unspecified atom stereocenters. The zero-order chi connectivity index (χ0) is 17.6. The summed E-state index contributed by atoms with van der Waals surface area (Å²) < 4.78 is 0. The highest BCUT2D eigenvalue weighted by Crippen LogP contribution is 2.39. The third kappa shape index (κ3) is 4.52. The van der Waals surface area contributed by atoms with E-state index in [2.05, 4.69) is 68.4 Å². The van der Waals surface area contributed by atoms with E-state index in [9.17, 15) is 5.11 Å². The van der Waals surface area contributed by atoms with Crippen LogP contribution in [0.25, 0.3) is 0 Å². The molecule has 1 heteroatoms. The molecule has 1 aliphatic rings. The van der Waals surface area contributed by atoms with E-state index in [1.54, 1.807) is 0 Å². The van der Waals surface area contributed by atoms with Crippen molar-refractivity contribution in [2.45, 2.75) is 70.3 Å². The van der Waals surface area contributed by atoms with Crippen molar-refractivity contribution in [3.05, 3.63) is 71.3 Å². The lowest BCUT2D eigenvalue weighted by Crippen LogP contribution is -2.18. The van der Waals surface area contributed by atoms with E-state index in [1.807, 2.05) is 0 Å². The van der Waals surface area contributed by atoms with Gasteiger partial charge in [0.2, 0.25) is 0 Å². The van der Waals surface area contributed by atoms with Gasteiger partial charge in [-0.15, -0.1) is 0 Å². The van der Waals surface area contributed by atoms with Gasteiger partial charge in [-0.1, -0.05) is 74.9 Å². The summed E-state index contributed by atoms with van der Waals surface area (Å²) >= 11 is 0. The fraction of sp³-hybridized carbons (Fsp3) is 0.500. The molecule has 0 radical (unpaired) electrons. The van der Waals surface area contributed by atoms with Crippen LogP contribution in [0.3, 0.4) is 0 Å². The van der Waals surface area contributed by atoms with Crippen molar-refractivity contribution in [3.63, 3.8) is 0 Å². The molecule has 2 aromatic rings. The fourth-order valence-corrected chi connectivity index (χ4v) is 4.43. The first-order valence-electron chi connectivity index (χ1n) is 9.99. The quantitative estimate of drug-likeness (QED) is 0.650. The van der Waals surface area contributed by atoms with Crippen LogP contribution in [0.5, 0.6) is 0 Å². The molecule has 2 aromatic carbocycles. The van der Waals surface area contributed by atoms with E-state index in [1.165, 1.54) is 36.0 Å². The monoisotopic (exact) mass is 336 g/mol. The van der Waals surface area contributed by atoms with Gasteiger partial charge in [-0.25, -0.2) is 0 Å². The van der Waals surface area contributed by atoms with Crippen molar-refractivity contribution in [3.8, 4) is 0 Å². The number of benzene rings is 2. The van der Waals surface area contributed by atoms with Crippen molar-refractivity contribution in [1.29, 1.82) is 0 Å². The molecule has 1 saturated carbocycles. The van der Waals surface area contributed by atoms with E-state index < -0.39 is 0 Å². The molecule has 0 heterocycles. The summed E-state index contributed by atoms with van der Waals surface area (Å²) in [6.45, 7) is 4.61. The van der Waals surface area contributed by atoms with Crippen molar-refractivity contribution < 1.29 is 5.11 Å². The molecule has 4 atom stereocenters. The summed E-state index contributed by atoms with van der Waals surface area (Å²) in [6, 6.07) is 19.8. The van der Waals surface area contributed by atoms with Crippen LogP contribution in [0.15, 0.2) is 54.6 Å². The minimum Gasteiger partial charge on any atom is -0.393 e. The summed E-state index contributed by atoms with van der Waals surface area (Å²) in [5.41, 5.74) is 4.40. The van der Waals surface area contributed by atoms with Crippen molar-refractivity contribution in [2.75, 3.05) is 0 Å². The number of rotatable bonds is 7. The first-order chi connectivity index (χ1) is 12.2. The molecule has 1 nitrogen and oxygen atoms in total. The van der Waals surface area contributed by atoms with E-state index in [0.29, 0.717) is 17.8 Å². The SMILES string of the molecule is CCC(C)c1ccccc1C(Cc1ccccc1)CC1CCCC1O. The van der Waals surface area contributed by atoms with Gasteiger partial charge in [-0.05, 0) is 66.5 Å². The van der Waals surface area contributed by atoms with Gasteiger partial charge in [-0.3, -0.25) is 0 Å². The van der Waals surface area contributed by atoms with Gasteiger partial charge in [0.25, 0.3) is 0 Å². The molecule has 0 aromatic heterocycles. The summed E-state index contributed by atoms with van der Waals surface area (Å²) in [7, 11) is 0. The van der Waals surface area contributed by atoms with Crippen LogP contribution in [-0.2, 0) is 6.42 Å². The molecule has 3 rings (SSSR count). The second kappa shape index (κ2) is 8.67. The lowest BCUT2D eigenvalue weighted by atomic mass is 9.79. The maximum Gasteiger partial charge on any atom is 0.0568 e. The van der Waals surface area contributed by atoms with Gasteiger partial charge >= 0.3 is 0 Å². The highest BCUT2D eigenvalue weighted by atomic mass is 16.3. The summed E-state index contributed by atoms with van der Waals surface area (Å²) in [5.74, 6) is 1.53. The molecule has 134 valence electrons. The van der Waals surface area contributed by atoms with Gasteiger partial charge in [0.05, 0.1) is 6.10 Å². The van der Waals surface area contributed by atoms with E-state index in [-0.39, 0.29) is 6.10 Å². The van der Waals surface area contributed by atoms with Crippen LogP contribution in [0.1, 0.15) is 74.5 Å². The molecule has 0 bridgehead atoms. The average Bonchev–Trinajstić information content (AvgIpc) is 3.06. The minimum absolute atomic E-state index is 0.103. The number of aliphatic hydroxyl groups is 1. The molecule has 25 heavy (non-hydrogen) atoms. The topological polar surface area (TPSA) is 20.2 Å². The van der Waals surface area contributed by atoms with E-state index in [4.69, 9.17) is 0 Å². The van der Waals surface area contributed by atoms with Gasteiger partial charge < -0.3 is 5.11 Å². The maximum atomic E-state index is 10.4. The van der Waals surface area contributed by atoms with Crippen molar-refractivity contribution in [2.24, 2.45) is 5.92 Å². The van der Waals surface area contributed by atoms with Crippen LogP contribution >= 0.6 is 0 Å². The lowest BCUT2D eigenvalue weighted by Gasteiger charge is -2.27. The molecule has 1 aliphatic carbocycles. The molecule has 0 amide bonds. The molecular weight excluding hydrogens is 304 g/mol. The Morgan fingerprint density at radius 1 is 0.960 bits per heavy atom. The number of hydrogen-bond acceptors (Lipinski definition) is 1. The lowest BCUT2D eigenvalue weighted by molar-refractivity contribution is 0.123. The summed E-state index contributed by atoms with van der Waals surface area (Å²) in [5, 5.41) is 10.4. The average molecular weight is 337 g/mol. The highest BCUT2D eigenvalue weighted by molar-refractivity contribution is 5.34. The van der Waals surface area contributed by atoms with Crippen LogP contribution in [0, 0.1) is 5.92 Å². The predicted octanol–water partition coefficient (Wildman–Crippen LogP) is 6.08. The van der Waals surface area contributed by atoms with Gasteiger partial charge in [0, 0.05) is 0 Å². The second-order valence-electron chi connectivity index (χ2n) is 7.82. The molecule has 1 fully saturated rings. The van der Waals surface area contributed by atoms with E-state index in [0.717, 1.165) is 19.3 Å². The van der Waals surface area contributed by atoms with Gasteiger partial charge in [-0.2, -0.15) is 0 Å². The molecule has 0 saturated heterocycles. The third-order valence-electron chi connectivity index (χ3n) is 6.11. The maximum absolute atomic E-state index is 10.4. The second-order valence-corrected chi connectivity index (χ2v) is 7.82. The smallest absolute Gasteiger partial charge is 0.0568 e. The molecule has 1 N–H and O–H groups in total. The minimum atomic E-state index is -0.103. The first kappa shape index (κ1) is 18.2. The Labute approximate surface area is 153 Å². The van der Waals surface area contributed by atoms with Crippen molar-refractivity contribution >= 4 is 0 Å². The van der Waals surface area contributed by atoms with Crippen LogP contribution in [0.4, 0.5) is 0 Å². The van der Waals surface area contributed by atoms with Gasteiger partial charge in [0.15, 0.2) is 0 Å². The Morgan fingerprint density at radius 2 is 1.64 bits per heavy atom. The molecule has 0 aliphatic heterocycles. The zero-order valence-electron chi connectivity index (χ0n) is 15.7. The predicted molar refractivity (Wildman–Crippen MR) is 106 cm³/mol. The Morgan fingerprint density at radius 3 is 2.28 bits per heavy atom. The fourth-order valence-electron chi connectivity index (χ4n) is 4.43. The molecular formula is C24H32O. The molecule has 0 spiro atoms. The Bertz CT molecular complexity index is 648. The van der Waals surface area contributed by atoms with Crippen LogP contribution in [0.2, 0.25) is 0 Å².